The average Bonchev–Trinajstić information content (AvgIpc) is 2.92. The molecule has 0 heterocycles. The van der Waals surface area contributed by atoms with Gasteiger partial charge in [0.15, 0.2) is 0 Å². The topological polar surface area (TPSA) is 185 Å². The van der Waals surface area contributed by atoms with Gasteiger partial charge in [0.05, 0.1) is 0 Å². The van der Waals surface area contributed by atoms with Gasteiger partial charge in [-0.15, -0.1) is 0 Å². The summed E-state index contributed by atoms with van der Waals surface area (Å²) in [7, 11) is -9.62. The second-order valence-electron chi connectivity index (χ2n) is 8.44. The molecule has 4 rings (SSSR count). The summed E-state index contributed by atoms with van der Waals surface area (Å²) in [6.07, 6.45) is 0.529. The normalized spacial score (nSPS) is 11.6. The Morgan fingerprint density at radius 3 is 1.26 bits per heavy atom. The zero-order valence-electron chi connectivity index (χ0n) is 21.4. The quantitative estimate of drug-likeness (QED) is 0.145. The van der Waals surface area contributed by atoms with Gasteiger partial charge in [-0.05, 0) is 59.7 Å². The number of nitrogens with one attached hydrogen (secondary N) is 2. The zero-order valence-corrected chi connectivity index (χ0v) is 23.0. The number of anilines is 2. The van der Waals surface area contributed by atoms with Crippen LogP contribution >= 0.6 is 0 Å². The van der Waals surface area contributed by atoms with Gasteiger partial charge in [-0.3, -0.25) is 19.7 Å². The standard InChI is InChI=1S/C28H22N2O10S2/c31-27(39-23-7-3-1-4-8-23)29-21-15-13-19(25(17-21)41(33,34)35)11-12-20-14-16-22(18-26(20)42(36,37)38)30-28(32)40-24-9-5-2-6-10-24/h1-18H,(H,29,31)(H,30,32)(H,33,34,35)(H,36,37,38)/b12-11+. The van der Waals surface area contributed by atoms with Crippen molar-refractivity contribution in [2.45, 2.75) is 9.79 Å². The highest BCUT2D eigenvalue weighted by atomic mass is 32.2. The molecule has 4 aromatic carbocycles. The molecule has 0 aliphatic rings. The van der Waals surface area contributed by atoms with E-state index < -0.39 is 42.2 Å². The van der Waals surface area contributed by atoms with E-state index in [1.165, 1.54) is 60.7 Å². The Morgan fingerprint density at radius 1 is 0.571 bits per heavy atom. The molecule has 0 unspecified atom stereocenters. The van der Waals surface area contributed by atoms with Crippen LogP contribution in [0.4, 0.5) is 21.0 Å². The fourth-order valence-electron chi connectivity index (χ4n) is 3.60. The van der Waals surface area contributed by atoms with Crippen LogP contribution in [0.5, 0.6) is 11.5 Å². The Kier molecular flexibility index (Phi) is 9.02. The van der Waals surface area contributed by atoms with Crippen LogP contribution in [0, 0.1) is 0 Å². The fraction of sp³-hybridized carbons (Fsp3) is 0. The first-order valence-electron chi connectivity index (χ1n) is 11.9. The number of carbonyl (C=O) groups excluding carboxylic acids is 2. The number of benzene rings is 4. The van der Waals surface area contributed by atoms with E-state index in [0.29, 0.717) is 0 Å². The van der Waals surface area contributed by atoms with Gasteiger partial charge in [0.2, 0.25) is 0 Å². The zero-order chi connectivity index (χ0) is 30.3. The highest BCUT2D eigenvalue weighted by Crippen LogP contribution is 2.27. The summed E-state index contributed by atoms with van der Waals surface area (Å²) < 4.78 is 78.1. The molecule has 216 valence electrons. The number of carbonyl (C=O) groups is 2. The number of para-hydroxylation sites is 2. The Balaban J connectivity index is 1.57. The first kappa shape index (κ1) is 30.0. The first-order valence-corrected chi connectivity index (χ1v) is 14.8. The van der Waals surface area contributed by atoms with E-state index >= 15 is 0 Å². The van der Waals surface area contributed by atoms with Crippen LogP contribution in [0.25, 0.3) is 12.2 Å². The molecule has 4 N–H and O–H groups in total. The average molecular weight is 611 g/mol. The van der Waals surface area contributed by atoms with Crippen molar-refractivity contribution in [2.75, 3.05) is 10.6 Å². The fourth-order valence-corrected chi connectivity index (χ4v) is 5.02. The number of hydrogen-bond acceptors (Lipinski definition) is 8. The highest BCUT2D eigenvalue weighted by molar-refractivity contribution is 7.86. The monoisotopic (exact) mass is 610 g/mol. The summed E-state index contributed by atoms with van der Waals surface area (Å²) in [6, 6.07) is 23.3. The lowest BCUT2D eigenvalue weighted by atomic mass is 10.1. The summed E-state index contributed by atoms with van der Waals surface area (Å²) in [5.41, 5.74) is -0.182. The van der Waals surface area contributed by atoms with Gasteiger partial charge in [0.1, 0.15) is 21.3 Å². The first-order chi connectivity index (χ1) is 19.9. The van der Waals surface area contributed by atoms with E-state index in [1.54, 1.807) is 36.4 Å². The van der Waals surface area contributed by atoms with E-state index in [-0.39, 0.29) is 34.0 Å². The molecule has 4 aromatic rings. The summed E-state index contributed by atoms with van der Waals surface area (Å²) in [5, 5.41) is 4.70. The predicted octanol–water partition coefficient (Wildman–Crippen LogP) is 5.57. The smallest absolute Gasteiger partial charge is 0.410 e. The highest BCUT2D eigenvalue weighted by Gasteiger charge is 2.19. The molecular formula is C28H22N2O10S2. The molecule has 0 aliphatic carbocycles. The Hall–Kier alpha value is -5.02. The van der Waals surface area contributed by atoms with E-state index in [2.05, 4.69) is 10.6 Å². The van der Waals surface area contributed by atoms with Gasteiger partial charge in [-0.1, -0.05) is 60.7 Å². The number of hydrogen-bond donors (Lipinski definition) is 4. The predicted molar refractivity (Wildman–Crippen MR) is 154 cm³/mol. The lowest BCUT2D eigenvalue weighted by molar-refractivity contribution is 0.214. The minimum absolute atomic E-state index is 0.0165. The molecule has 0 atom stereocenters. The molecule has 0 aliphatic heterocycles. The van der Waals surface area contributed by atoms with Crippen molar-refractivity contribution in [3.05, 3.63) is 108 Å². The second-order valence-corrected chi connectivity index (χ2v) is 11.2. The van der Waals surface area contributed by atoms with Crippen LogP contribution in [-0.4, -0.2) is 38.1 Å². The van der Waals surface area contributed by atoms with Crippen molar-refractivity contribution in [1.29, 1.82) is 0 Å². The van der Waals surface area contributed by atoms with Gasteiger partial charge in [-0.2, -0.15) is 16.8 Å². The van der Waals surface area contributed by atoms with E-state index in [9.17, 15) is 35.5 Å². The third-order valence-electron chi connectivity index (χ3n) is 5.43. The SMILES string of the molecule is O=C(Nc1ccc(/C=C/c2ccc(NC(=O)Oc3ccccc3)cc2S(=O)(=O)O)c(S(=O)(=O)O)c1)Oc1ccccc1. The van der Waals surface area contributed by atoms with E-state index in [4.69, 9.17) is 9.47 Å². The van der Waals surface area contributed by atoms with Gasteiger partial charge in [0, 0.05) is 11.4 Å². The lowest BCUT2D eigenvalue weighted by Crippen LogP contribution is -2.17. The lowest BCUT2D eigenvalue weighted by Gasteiger charge is -2.10. The van der Waals surface area contributed by atoms with Crippen LogP contribution in [0.1, 0.15) is 11.1 Å². The van der Waals surface area contributed by atoms with Gasteiger partial charge >= 0.3 is 12.2 Å². The molecule has 12 nitrogen and oxygen atoms in total. The summed E-state index contributed by atoms with van der Waals surface area (Å²) in [6.45, 7) is 0. The maximum absolute atomic E-state index is 12.2. The van der Waals surface area contributed by atoms with Gasteiger partial charge in [-0.25, -0.2) is 9.59 Å². The van der Waals surface area contributed by atoms with Crippen molar-refractivity contribution in [1.82, 2.24) is 0 Å². The van der Waals surface area contributed by atoms with E-state index in [0.717, 1.165) is 12.1 Å². The Morgan fingerprint density at radius 2 is 0.929 bits per heavy atom. The van der Waals surface area contributed by atoms with Crippen molar-refractivity contribution in [3.63, 3.8) is 0 Å². The van der Waals surface area contributed by atoms with Crippen LogP contribution in [0.15, 0.2) is 107 Å². The van der Waals surface area contributed by atoms with Gasteiger partial charge in [0.25, 0.3) is 20.2 Å². The van der Waals surface area contributed by atoms with E-state index in [1.807, 2.05) is 0 Å². The summed E-state index contributed by atoms with van der Waals surface area (Å²) in [5.74, 6) is 0.488. The third-order valence-corrected chi connectivity index (χ3v) is 7.24. The third kappa shape index (κ3) is 8.25. The van der Waals surface area contributed by atoms with Gasteiger partial charge < -0.3 is 9.47 Å². The molecule has 2 amide bonds. The van der Waals surface area contributed by atoms with Crippen molar-refractivity contribution >= 4 is 55.9 Å². The maximum Gasteiger partial charge on any atom is 0.417 e. The molecule has 0 saturated carbocycles. The molecule has 0 spiro atoms. The second kappa shape index (κ2) is 12.7. The molecular weight excluding hydrogens is 588 g/mol. The minimum Gasteiger partial charge on any atom is -0.410 e. The molecule has 14 heteroatoms. The Labute approximate surface area is 240 Å². The minimum atomic E-state index is -4.81. The van der Waals surface area contributed by atoms with Crippen LogP contribution in [0.3, 0.4) is 0 Å². The number of rotatable bonds is 8. The summed E-state index contributed by atoms with van der Waals surface area (Å²) >= 11 is 0. The molecule has 0 radical (unpaired) electrons. The number of amides is 2. The van der Waals surface area contributed by atoms with Crippen molar-refractivity contribution in [2.24, 2.45) is 0 Å². The summed E-state index contributed by atoms with van der Waals surface area (Å²) in [4.78, 5) is 23.2. The maximum atomic E-state index is 12.2. The van der Waals surface area contributed by atoms with Crippen LogP contribution in [-0.2, 0) is 20.2 Å². The molecule has 42 heavy (non-hydrogen) atoms. The van der Waals surface area contributed by atoms with Crippen LogP contribution in [0.2, 0.25) is 0 Å². The van der Waals surface area contributed by atoms with Crippen molar-refractivity contribution in [3.8, 4) is 11.5 Å². The van der Waals surface area contributed by atoms with Crippen molar-refractivity contribution < 1.29 is 45.0 Å². The van der Waals surface area contributed by atoms with Crippen LogP contribution < -0.4 is 20.1 Å². The number of ether oxygens (including phenoxy) is 2. The Bertz CT molecular complexity index is 1720. The molecule has 0 bridgehead atoms. The molecule has 0 aromatic heterocycles. The largest absolute Gasteiger partial charge is 0.417 e. The molecule has 0 fully saturated rings. The molecule has 0 saturated heterocycles.